The lowest BCUT2D eigenvalue weighted by molar-refractivity contribution is 0.0690. The van der Waals surface area contributed by atoms with Crippen molar-refractivity contribution in [1.82, 2.24) is 24.5 Å². The molecule has 0 aliphatic carbocycles. The van der Waals surface area contributed by atoms with Crippen LogP contribution < -0.4 is 15.4 Å². The van der Waals surface area contributed by atoms with Gasteiger partial charge in [-0.1, -0.05) is 11.6 Å². The first-order valence-corrected chi connectivity index (χ1v) is 12.7. The predicted molar refractivity (Wildman–Crippen MR) is 120 cm³/mol. The molecule has 0 aromatic carbocycles. The van der Waals surface area contributed by atoms with Crippen LogP contribution >= 0.6 is 11.6 Å². The van der Waals surface area contributed by atoms with Crippen molar-refractivity contribution in [1.29, 1.82) is 0 Å². The summed E-state index contributed by atoms with van der Waals surface area (Å²) >= 11 is 6.31. The molecule has 0 amide bonds. The van der Waals surface area contributed by atoms with Gasteiger partial charge in [0.1, 0.15) is 17.2 Å². The zero-order valence-corrected chi connectivity index (χ0v) is 19.6. The molecule has 0 spiro atoms. The van der Waals surface area contributed by atoms with Crippen LogP contribution in [0.1, 0.15) is 6.42 Å². The van der Waals surface area contributed by atoms with E-state index in [1.54, 1.807) is 17.1 Å². The SMILES string of the molecule is Cn1cc(Nc2ncc(Cl)c(N[C@@H]3COC4C3OC[C@@H]4NS(=O)(=O)CC3CCOC3)n2)cn1. The van der Waals surface area contributed by atoms with Crippen LogP contribution in [0.4, 0.5) is 17.5 Å². The van der Waals surface area contributed by atoms with Crippen molar-refractivity contribution < 1.29 is 22.6 Å². The minimum Gasteiger partial charge on any atom is -0.381 e. The molecule has 3 unspecified atom stereocenters. The summed E-state index contributed by atoms with van der Waals surface area (Å²) in [5, 5.41) is 10.8. The summed E-state index contributed by atoms with van der Waals surface area (Å²) in [5.41, 5.74) is 0.744. The first-order chi connectivity index (χ1) is 15.9. The highest BCUT2D eigenvalue weighted by Crippen LogP contribution is 2.31. The average Bonchev–Trinajstić information content (AvgIpc) is 3.54. The quantitative estimate of drug-likeness (QED) is 0.470. The minimum atomic E-state index is -3.47. The van der Waals surface area contributed by atoms with Crippen LogP contribution in [0.15, 0.2) is 18.6 Å². The van der Waals surface area contributed by atoms with E-state index in [-0.39, 0.29) is 30.4 Å². The van der Waals surface area contributed by atoms with E-state index in [4.69, 9.17) is 25.8 Å². The maximum atomic E-state index is 12.6. The van der Waals surface area contributed by atoms with Gasteiger partial charge >= 0.3 is 0 Å². The van der Waals surface area contributed by atoms with Gasteiger partial charge in [-0.15, -0.1) is 0 Å². The summed E-state index contributed by atoms with van der Waals surface area (Å²) in [6.45, 7) is 1.65. The van der Waals surface area contributed by atoms with Crippen molar-refractivity contribution in [3.8, 4) is 0 Å². The Bertz CT molecular complexity index is 1090. The molecule has 12 nitrogen and oxygen atoms in total. The molecule has 180 valence electrons. The summed E-state index contributed by atoms with van der Waals surface area (Å²) < 4.78 is 46.7. The van der Waals surface area contributed by atoms with Gasteiger partial charge in [-0.3, -0.25) is 4.68 Å². The Morgan fingerprint density at radius 1 is 1.18 bits per heavy atom. The third-order valence-corrected chi connectivity index (χ3v) is 7.74. The second kappa shape index (κ2) is 9.31. The number of aromatic nitrogens is 4. The van der Waals surface area contributed by atoms with E-state index in [0.717, 1.165) is 12.1 Å². The number of hydrogen-bond acceptors (Lipinski definition) is 10. The highest BCUT2D eigenvalue weighted by Gasteiger charge is 2.49. The average molecular weight is 500 g/mol. The molecular formula is C19H26ClN7O5S. The van der Waals surface area contributed by atoms with Crippen LogP contribution in [0.5, 0.6) is 0 Å². The van der Waals surface area contributed by atoms with E-state index in [1.165, 1.54) is 6.20 Å². The van der Waals surface area contributed by atoms with E-state index >= 15 is 0 Å². The molecule has 5 atom stereocenters. The lowest BCUT2D eigenvalue weighted by Crippen LogP contribution is -2.46. The highest BCUT2D eigenvalue weighted by atomic mass is 35.5. The zero-order chi connectivity index (χ0) is 23.0. The monoisotopic (exact) mass is 499 g/mol. The number of nitrogens with zero attached hydrogens (tertiary/aromatic N) is 4. The second-order valence-electron chi connectivity index (χ2n) is 8.50. The van der Waals surface area contributed by atoms with Crippen molar-refractivity contribution in [3.05, 3.63) is 23.6 Å². The van der Waals surface area contributed by atoms with E-state index in [1.807, 2.05) is 7.05 Å². The third-order valence-electron chi connectivity index (χ3n) is 5.89. The Labute approximate surface area is 196 Å². The number of aryl methyl sites for hydroxylation is 1. The molecule has 2 aromatic rings. The van der Waals surface area contributed by atoms with Crippen LogP contribution in [-0.2, 0) is 31.3 Å². The van der Waals surface area contributed by atoms with Gasteiger partial charge in [-0.2, -0.15) is 10.1 Å². The number of sulfonamides is 1. The molecule has 5 heterocycles. The predicted octanol–water partition coefficient (Wildman–Crippen LogP) is 0.510. The van der Waals surface area contributed by atoms with Crippen molar-refractivity contribution in [2.75, 3.05) is 42.8 Å². The van der Waals surface area contributed by atoms with Gasteiger partial charge in [0.15, 0.2) is 5.82 Å². The Kier molecular flexibility index (Phi) is 6.42. The number of hydrogen-bond donors (Lipinski definition) is 3. The van der Waals surface area contributed by atoms with Gasteiger partial charge < -0.3 is 24.8 Å². The Hall–Kier alpha value is -2.03. The van der Waals surface area contributed by atoms with Crippen molar-refractivity contribution >= 4 is 39.1 Å². The van der Waals surface area contributed by atoms with Crippen LogP contribution in [0, 0.1) is 5.92 Å². The second-order valence-corrected chi connectivity index (χ2v) is 10.7. The van der Waals surface area contributed by atoms with Crippen molar-refractivity contribution in [3.63, 3.8) is 0 Å². The van der Waals surface area contributed by atoms with Gasteiger partial charge in [0.05, 0.1) is 55.7 Å². The zero-order valence-electron chi connectivity index (χ0n) is 18.0. The molecule has 2 aromatic heterocycles. The molecule has 3 aliphatic heterocycles. The van der Waals surface area contributed by atoms with Crippen LogP contribution in [-0.4, -0.2) is 84.6 Å². The molecule has 3 fully saturated rings. The molecular weight excluding hydrogens is 474 g/mol. The molecule has 5 rings (SSSR count). The Morgan fingerprint density at radius 2 is 1.97 bits per heavy atom. The number of nitrogens with one attached hydrogen (secondary N) is 3. The Balaban J connectivity index is 1.21. The van der Waals surface area contributed by atoms with Gasteiger partial charge in [0.2, 0.25) is 16.0 Å². The van der Waals surface area contributed by atoms with Crippen molar-refractivity contribution in [2.45, 2.75) is 30.7 Å². The fourth-order valence-corrected chi connectivity index (χ4v) is 6.14. The maximum Gasteiger partial charge on any atom is 0.229 e. The van der Waals surface area contributed by atoms with Gasteiger partial charge in [-0.25, -0.2) is 18.1 Å². The smallest absolute Gasteiger partial charge is 0.229 e. The largest absolute Gasteiger partial charge is 0.381 e. The van der Waals surface area contributed by atoms with Gasteiger partial charge in [0, 0.05) is 19.9 Å². The van der Waals surface area contributed by atoms with E-state index in [9.17, 15) is 8.42 Å². The Morgan fingerprint density at radius 3 is 2.70 bits per heavy atom. The molecule has 3 N–H and O–H groups in total. The lowest BCUT2D eigenvalue weighted by Gasteiger charge is -2.20. The summed E-state index contributed by atoms with van der Waals surface area (Å²) in [4.78, 5) is 8.65. The van der Waals surface area contributed by atoms with E-state index in [2.05, 4.69) is 30.4 Å². The van der Waals surface area contributed by atoms with Crippen LogP contribution in [0.3, 0.4) is 0 Å². The molecule has 3 saturated heterocycles. The normalized spacial score (nSPS) is 29.3. The summed E-state index contributed by atoms with van der Waals surface area (Å²) in [7, 11) is -1.66. The fourth-order valence-electron chi connectivity index (χ4n) is 4.35. The van der Waals surface area contributed by atoms with Crippen molar-refractivity contribution in [2.24, 2.45) is 13.0 Å². The molecule has 0 radical (unpaired) electrons. The molecule has 3 aliphatic rings. The highest BCUT2D eigenvalue weighted by molar-refractivity contribution is 7.89. The van der Waals surface area contributed by atoms with Gasteiger partial charge in [0.25, 0.3) is 0 Å². The van der Waals surface area contributed by atoms with Gasteiger partial charge in [-0.05, 0) is 12.3 Å². The summed E-state index contributed by atoms with van der Waals surface area (Å²) in [5.74, 6) is 0.862. The van der Waals surface area contributed by atoms with Crippen LogP contribution in [0.25, 0.3) is 0 Å². The summed E-state index contributed by atoms with van der Waals surface area (Å²) in [6, 6.07) is -0.691. The third kappa shape index (κ3) is 5.23. The molecule has 0 bridgehead atoms. The van der Waals surface area contributed by atoms with Crippen LogP contribution in [0.2, 0.25) is 5.02 Å². The topological polar surface area (TPSA) is 142 Å². The minimum absolute atomic E-state index is 0.0221. The number of fused-ring (bicyclic) bond motifs is 1. The molecule has 0 saturated carbocycles. The maximum absolute atomic E-state index is 12.6. The molecule has 33 heavy (non-hydrogen) atoms. The standard InChI is InChI=1S/C19H26ClN7O5S/c1-27-6-12(4-22-27)23-19-21-5-13(20)18(25-19)24-14-8-31-17-15(9-32-16(14)17)26-33(28,29)10-11-2-3-30-7-11/h4-6,11,14-17,26H,2-3,7-10H2,1H3,(H2,21,23,24,25)/t11?,14-,15+,16?,17?/m1/s1. The lowest BCUT2D eigenvalue weighted by atomic mass is 10.1. The number of anilines is 3. The number of ether oxygens (including phenoxy) is 3. The molecule has 14 heteroatoms. The number of rotatable bonds is 8. The van der Waals surface area contributed by atoms with E-state index < -0.39 is 22.2 Å². The first-order valence-electron chi connectivity index (χ1n) is 10.7. The van der Waals surface area contributed by atoms with E-state index in [0.29, 0.717) is 36.6 Å². The summed E-state index contributed by atoms with van der Waals surface area (Å²) in [6.07, 6.45) is 4.98. The fraction of sp³-hybridized carbons (Fsp3) is 0.632. The number of halogens is 1. The first kappa shape index (κ1) is 22.7.